The summed E-state index contributed by atoms with van der Waals surface area (Å²) in [5, 5.41) is 52.7. The van der Waals surface area contributed by atoms with E-state index in [9.17, 15) is 40.0 Å². The van der Waals surface area contributed by atoms with Crippen molar-refractivity contribution in [2.45, 2.75) is 182 Å². The molecule has 628 valence electrons. The molecule has 6 aromatic carbocycles. The second-order valence-corrected chi connectivity index (χ2v) is 35.6. The number of aliphatic hydroxyl groups excluding tert-OH is 2. The molecule has 6 saturated carbocycles. The molecule has 18 atom stereocenters. The van der Waals surface area contributed by atoms with Gasteiger partial charge in [0.25, 0.3) is 5.91 Å². The van der Waals surface area contributed by atoms with Gasteiger partial charge in [0, 0.05) is 144 Å². The van der Waals surface area contributed by atoms with Gasteiger partial charge in [-0.3, -0.25) is 24.1 Å². The first-order valence-corrected chi connectivity index (χ1v) is 40.9. The molecule has 8 aliphatic rings. The van der Waals surface area contributed by atoms with Gasteiger partial charge < -0.3 is 56.6 Å². The van der Waals surface area contributed by atoms with E-state index in [1.54, 1.807) is 36.1 Å². The number of aromatic carboxylic acids is 1. The van der Waals surface area contributed by atoms with Crippen molar-refractivity contribution in [2.75, 3.05) is 92.4 Å². The van der Waals surface area contributed by atoms with Gasteiger partial charge in [-0.15, -0.1) is 0 Å². The maximum absolute atomic E-state index is 14.4. The molecule has 3 amide bonds. The number of azide groups is 2. The van der Waals surface area contributed by atoms with Gasteiger partial charge in [0.15, 0.2) is 0 Å². The number of carboxylic acid groups (broad SMARTS) is 1. The first kappa shape index (κ1) is 93.0. The van der Waals surface area contributed by atoms with Crippen LogP contribution in [0.25, 0.3) is 43.1 Å². The Balaban J connectivity index is 0.000000253. The fraction of sp³-hybridized carbons (Fsp3) is 0.556. The number of aliphatic hydroxyl groups is 2. The quantitative estimate of drug-likeness (QED) is 0.00993. The van der Waals surface area contributed by atoms with Crippen molar-refractivity contribution in [3.8, 4) is 22.3 Å². The Bertz CT molecular complexity index is 4460. The van der Waals surface area contributed by atoms with Crippen molar-refractivity contribution in [1.29, 1.82) is 1.34 Å². The van der Waals surface area contributed by atoms with E-state index < -0.39 is 54.3 Å². The molecular weight excluding hydrogens is 1700 g/mol. The topological polar surface area (TPSA) is 326 Å². The van der Waals surface area contributed by atoms with Gasteiger partial charge in [-0.05, 0) is 245 Å². The average Bonchev–Trinajstić information content (AvgIpc) is 0.856. The van der Waals surface area contributed by atoms with Crippen LogP contribution in [-0.2, 0) is 45.2 Å². The van der Waals surface area contributed by atoms with Crippen molar-refractivity contribution in [3.63, 3.8) is 0 Å². The summed E-state index contributed by atoms with van der Waals surface area (Å²) in [5.41, 5.74) is 36.9. The number of carbonyl (C=O) groups is 4. The molecule has 14 rings (SSSR count). The molecule has 2 unspecified atom stereocenters. The van der Waals surface area contributed by atoms with Crippen LogP contribution in [0.15, 0.2) is 144 Å². The van der Waals surface area contributed by atoms with Gasteiger partial charge in [0.05, 0.1) is 56.2 Å². The monoisotopic (exact) mass is 1830 g/mol. The van der Waals surface area contributed by atoms with Gasteiger partial charge in [-0.1, -0.05) is 149 Å². The van der Waals surface area contributed by atoms with Gasteiger partial charge >= 0.3 is 5.97 Å². The normalized spacial score (nSPS) is 25.5. The van der Waals surface area contributed by atoms with E-state index in [0.29, 0.717) is 54.0 Å². The molecule has 6 aliphatic carbocycles. The number of carboxylic acids is 1. The molecule has 2 radical (unpaired) electrons. The zero-order valence-electron chi connectivity index (χ0n) is 72.9. The van der Waals surface area contributed by atoms with Crippen molar-refractivity contribution < 1.29 is 75.3 Å². The number of hydrogen-bond donors (Lipinski definition) is 7. The Labute approximate surface area is 720 Å². The molecule has 2 heterocycles. The summed E-state index contributed by atoms with van der Waals surface area (Å²) in [6.45, 7) is 23.3. The number of benzene rings is 6. The molecular formula is C90H127BN16O9U. The number of nitrogens with two attached hydrogens (primary N) is 1. The third kappa shape index (κ3) is 22.6. The number of nitrogens with zero attached hydrogens (tertiary/aromatic N) is 12. The molecule has 6 aromatic rings. The number of fused-ring (bicyclic) bond motifs is 4. The molecule has 117 heavy (non-hydrogen) atoms. The summed E-state index contributed by atoms with van der Waals surface area (Å²) in [5.74, 6) is 0.184. The summed E-state index contributed by atoms with van der Waals surface area (Å²) in [7, 11) is 19.5. The van der Waals surface area contributed by atoms with Crippen molar-refractivity contribution in [1.82, 2.24) is 35.9 Å². The van der Waals surface area contributed by atoms with Crippen molar-refractivity contribution in [3.05, 3.63) is 199 Å². The fourth-order valence-corrected chi connectivity index (χ4v) is 19.4. The first-order valence-electron chi connectivity index (χ1n) is 41.4. The van der Waals surface area contributed by atoms with E-state index in [4.69, 9.17) is 22.3 Å². The number of hydrogen-bond acceptors (Lipinski definition) is 17. The Hall–Kier alpha value is -7.82. The third-order valence-corrected chi connectivity index (χ3v) is 26.1. The fourth-order valence-electron chi connectivity index (χ4n) is 19.4. The zero-order valence-corrected chi connectivity index (χ0v) is 76.1. The van der Waals surface area contributed by atoms with Crippen LogP contribution >= 0.6 is 0 Å². The van der Waals surface area contributed by atoms with Gasteiger partial charge in [-0.25, -0.2) is 4.79 Å². The Morgan fingerprint density at radius 1 is 0.598 bits per heavy atom. The van der Waals surface area contributed by atoms with E-state index in [1.807, 2.05) is 153 Å². The predicted octanol–water partition coefficient (Wildman–Crippen LogP) is 12.5. The Kier molecular flexibility index (Phi) is 33.0. The van der Waals surface area contributed by atoms with Gasteiger partial charge in [-0.2, -0.15) is 10.1 Å². The molecule has 25 nitrogen and oxygen atoms in total. The van der Waals surface area contributed by atoms with Crippen LogP contribution in [0.1, 0.15) is 135 Å². The van der Waals surface area contributed by atoms with E-state index in [0.717, 1.165) is 87.3 Å². The van der Waals surface area contributed by atoms with Crippen LogP contribution < -0.4 is 31.5 Å². The van der Waals surface area contributed by atoms with Crippen LogP contribution in [0.5, 0.6) is 0 Å². The number of amides is 3. The van der Waals surface area contributed by atoms with E-state index in [1.165, 1.54) is 18.4 Å². The minimum atomic E-state index is -1.00. The van der Waals surface area contributed by atoms with E-state index in [2.05, 4.69) is 144 Å². The molecule has 8 fully saturated rings. The molecule has 0 spiro atoms. The van der Waals surface area contributed by atoms with Gasteiger partial charge in [0.2, 0.25) is 11.8 Å². The summed E-state index contributed by atoms with van der Waals surface area (Å²) >= 11 is 0. The molecule has 2 saturated heterocycles. The van der Waals surface area contributed by atoms with Crippen LogP contribution in [0.4, 0.5) is 11.4 Å². The number of likely N-dealkylation sites (N-methyl/N-ethyl adjacent to an activating group) is 2. The predicted molar refractivity (Wildman–Crippen MR) is 462 cm³/mol. The summed E-state index contributed by atoms with van der Waals surface area (Å²) in [6, 6.07) is 42.3. The van der Waals surface area contributed by atoms with E-state index >= 15 is 0 Å². The number of anilines is 2. The smallest absolute Gasteiger partial charge is 0.335 e. The van der Waals surface area contributed by atoms with Crippen molar-refractivity contribution in [2.24, 2.45) is 74.1 Å². The molecule has 4 bridgehead atoms. The van der Waals surface area contributed by atoms with Crippen LogP contribution in [0.3, 0.4) is 0 Å². The second-order valence-electron chi connectivity index (χ2n) is 35.6. The second kappa shape index (κ2) is 41.4. The third-order valence-electron chi connectivity index (χ3n) is 26.1. The standard InChI is InChI=1S/C45H62N8O4.C34H46N6O5.C11H18N2.BH.U/c1-27-31(25-53-42(41(29(3)54)40(57-53)24-47-50-46)44(56)49-39-23-34-22-38(28(39)2)45(34,4)5)16-13-17-37(27)32-19-33(21-36(20-32)52(8)9)43(55)48-35(26-51(6)7)18-30-14-11-10-12-15-30;1-18-21(9-8-10-26(18)22-11-23(33(43)44)13-25(12-22)39(6)7)17-40-31(30(20(3)41)29(45-40)16-36-38-35)32(42)37-28-15-24-14-27(19(28)2)34(24,4)5;1-13(2)9-11(12)8-10-6-4-3-5-7-10;;/h10-17,19-21,28-29,34-35,38-42,54H,18,22-26H2,1-9H3,(H,48,55)(H,49,56);8-13,19-20,24,27-31,41H,14-17H2,1-7H3,(H,37,42)(H,43,44);3-7,11H,8-9,12H2,1-2H3;1H;/t28-,29-,34+,35-,38-,39?,40-,41+,42-;19-,20-,24+,27-,28?,29-,30+,31-;11-;;/m000../s1/i;;;1T;. The Morgan fingerprint density at radius 3 is 1.37 bits per heavy atom. The van der Waals surface area contributed by atoms with Crippen LogP contribution in [0.2, 0.25) is 0 Å². The molecule has 8 N–H and O–H groups in total. The van der Waals surface area contributed by atoms with E-state index in [-0.39, 0.29) is 116 Å². The zero-order chi connectivity index (χ0) is 85.7. The number of nitrogens with one attached hydrogen (secondary N) is 3. The maximum Gasteiger partial charge on any atom is 0.335 e. The largest absolute Gasteiger partial charge is 0.478 e. The Morgan fingerprint density at radius 2 is 1.00 bits per heavy atom. The first-order chi connectivity index (χ1) is 55.5. The number of carbonyl (C=O) groups excluding carboxylic acids is 3. The minimum Gasteiger partial charge on any atom is -0.478 e. The molecule has 2 aliphatic heterocycles. The number of rotatable bonds is 29. The summed E-state index contributed by atoms with van der Waals surface area (Å²) < 4.78 is 5.25. The van der Waals surface area contributed by atoms with Gasteiger partial charge in [0.1, 0.15) is 12.1 Å². The molecule has 0 aromatic heterocycles. The van der Waals surface area contributed by atoms with Crippen LogP contribution in [0, 0.1) is 103 Å². The minimum absolute atomic E-state index is 0. The average molecular weight is 1830 g/mol. The number of hydroxylamine groups is 4. The maximum atomic E-state index is 14.4. The van der Waals surface area contributed by atoms with Crippen LogP contribution in [-0.4, -0.2) is 212 Å². The molecule has 27 heteroatoms. The summed E-state index contributed by atoms with van der Waals surface area (Å²) in [6.07, 6.45) is 2.80. The summed E-state index contributed by atoms with van der Waals surface area (Å²) in [4.78, 5) is 81.2. The van der Waals surface area contributed by atoms with Crippen molar-refractivity contribution >= 4 is 43.4 Å². The SMILES string of the molecule is CN(C)C[C@@H](N)Cc1ccccc1.Cc1c(CN2O[C@@H](CN=[N+]=[N-])[C@@H]([C@H](C)O)[C@H]2C(=O)NC2C[C@H]3C[C@@H]([C@@H]2C)C3(C)C)cccc1-c1cc(C(=O)N[C@@H](Cc2ccccc2)CN(C)C)cc(N(C)C)c1.Cc1c(CN2O[C@@H](CN=[N+]=[N-])[C@@H]([C@H](C)O)[C@H]2C(=O)NC2C[C@H]3C[C@@H]([C@@H]2C)C3(C)C)cccc1-c1cc(C(=O)O)cc(N(C)C)c1.[3H][B].[U].